The molecule has 0 rings (SSSR count). The zero-order valence-electron chi connectivity index (χ0n) is 13.1. The molecule has 0 aliphatic heterocycles. The summed E-state index contributed by atoms with van der Waals surface area (Å²) in [5.41, 5.74) is 0. The van der Waals surface area contributed by atoms with Crippen LogP contribution in [0, 0.1) is 17.7 Å². The number of hydrogen-bond acceptors (Lipinski definition) is 3. The Morgan fingerprint density at radius 3 is 1.22 bits per heavy atom. The van der Waals surface area contributed by atoms with Crippen molar-refractivity contribution in [3.8, 4) is 11.7 Å². The van der Waals surface area contributed by atoms with Crippen LogP contribution in [0.15, 0.2) is 0 Å². The molecule has 0 aliphatic carbocycles. The molecule has 0 aromatic carbocycles. The standard InChI is InChI=1S/C14H28BO3/c1-11(2)9-10-15(16-12(3)4,17-13(5)6)18-14(7)8/h11-14H,1-8H3/q-1. The molecule has 0 N–H and O–H groups in total. The van der Waals surface area contributed by atoms with Gasteiger partial charge < -0.3 is 14.0 Å². The normalized spacial score (nSPS) is 12.4. The molecule has 0 unspecified atom stereocenters. The molecule has 0 bridgehead atoms. The van der Waals surface area contributed by atoms with E-state index in [4.69, 9.17) is 14.0 Å². The van der Waals surface area contributed by atoms with Crippen molar-refractivity contribution in [2.24, 2.45) is 5.92 Å². The fourth-order valence-corrected chi connectivity index (χ4v) is 1.54. The first kappa shape index (κ1) is 17.5. The first-order valence-corrected chi connectivity index (χ1v) is 6.86. The average Bonchev–Trinajstić information content (AvgIpc) is 2.11. The topological polar surface area (TPSA) is 27.7 Å². The van der Waals surface area contributed by atoms with Gasteiger partial charge in [-0.05, 0) is 41.5 Å². The van der Waals surface area contributed by atoms with Gasteiger partial charge in [-0.25, -0.2) is 5.82 Å². The van der Waals surface area contributed by atoms with Crippen LogP contribution in [0.1, 0.15) is 55.4 Å². The highest BCUT2D eigenvalue weighted by Crippen LogP contribution is 2.17. The Morgan fingerprint density at radius 1 is 0.667 bits per heavy atom. The summed E-state index contributed by atoms with van der Waals surface area (Å²) in [6, 6.07) is 0. The maximum absolute atomic E-state index is 5.85. The van der Waals surface area contributed by atoms with Gasteiger partial charge in [0.25, 0.3) is 0 Å². The molecule has 18 heavy (non-hydrogen) atoms. The molecule has 0 spiro atoms. The van der Waals surface area contributed by atoms with Gasteiger partial charge >= 0.3 is 6.75 Å². The second-order valence-corrected chi connectivity index (χ2v) is 5.64. The van der Waals surface area contributed by atoms with E-state index in [2.05, 4.69) is 11.7 Å². The van der Waals surface area contributed by atoms with Gasteiger partial charge in [-0.3, -0.25) is 0 Å². The van der Waals surface area contributed by atoms with Crippen LogP contribution < -0.4 is 0 Å². The third-order valence-electron chi connectivity index (χ3n) is 1.90. The van der Waals surface area contributed by atoms with E-state index in [1.54, 1.807) is 0 Å². The Bertz CT molecular complexity index is 261. The fourth-order valence-electron chi connectivity index (χ4n) is 1.54. The van der Waals surface area contributed by atoms with E-state index in [1.807, 2.05) is 55.4 Å². The molecule has 0 amide bonds. The van der Waals surface area contributed by atoms with Crippen molar-refractivity contribution in [3.63, 3.8) is 0 Å². The van der Waals surface area contributed by atoms with Crippen LogP contribution in [-0.2, 0) is 14.0 Å². The largest absolute Gasteiger partial charge is 0.532 e. The van der Waals surface area contributed by atoms with E-state index in [0.29, 0.717) is 0 Å². The summed E-state index contributed by atoms with van der Waals surface area (Å²) in [5.74, 6) is 6.44. The summed E-state index contributed by atoms with van der Waals surface area (Å²) in [6.45, 7) is 13.8. The zero-order valence-corrected chi connectivity index (χ0v) is 13.1. The Morgan fingerprint density at radius 2 is 1.00 bits per heavy atom. The van der Waals surface area contributed by atoms with Gasteiger partial charge in [0.05, 0.1) is 0 Å². The lowest BCUT2D eigenvalue weighted by Crippen LogP contribution is -2.50. The minimum absolute atomic E-state index is 0.00367. The molecule has 0 radical (unpaired) electrons. The second kappa shape index (κ2) is 7.83. The summed E-state index contributed by atoms with van der Waals surface area (Å²) in [7, 11) is 0. The van der Waals surface area contributed by atoms with Crippen molar-refractivity contribution in [2.75, 3.05) is 0 Å². The van der Waals surface area contributed by atoms with E-state index in [9.17, 15) is 0 Å². The lowest BCUT2D eigenvalue weighted by atomic mass is 9.77. The maximum atomic E-state index is 5.85. The highest BCUT2D eigenvalue weighted by atomic mass is 16.8. The van der Waals surface area contributed by atoms with Gasteiger partial charge in [0.1, 0.15) is 0 Å². The molecule has 106 valence electrons. The SMILES string of the molecule is CC(C)C#C[B-](OC(C)C)(OC(C)C)OC(C)C. The molecule has 3 nitrogen and oxygen atoms in total. The molecule has 0 atom stereocenters. The fraction of sp³-hybridized carbons (Fsp3) is 0.857. The van der Waals surface area contributed by atoms with Crippen molar-refractivity contribution < 1.29 is 14.0 Å². The first-order chi connectivity index (χ1) is 8.17. The Labute approximate surface area is 113 Å². The highest BCUT2D eigenvalue weighted by molar-refractivity contribution is 6.69. The maximum Gasteiger partial charge on any atom is 0.457 e. The van der Waals surface area contributed by atoms with Crippen LogP contribution >= 0.6 is 0 Å². The average molecular weight is 255 g/mol. The summed E-state index contributed by atoms with van der Waals surface area (Å²) >= 11 is 0. The smallest absolute Gasteiger partial charge is 0.457 e. The van der Waals surface area contributed by atoms with Crippen LogP contribution in [0.25, 0.3) is 0 Å². The predicted molar refractivity (Wildman–Crippen MR) is 77.0 cm³/mol. The molecule has 0 aliphatic rings. The molecule has 0 heterocycles. The molecular formula is C14H28BO3-. The van der Waals surface area contributed by atoms with E-state index in [-0.39, 0.29) is 24.2 Å². The summed E-state index contributed by atoms with van der Waals surface area (Å²) in [4.78, 5) is 0. The third-order valence-corrected chi connectivity index (χ3v) is 1.90. The Hall–Kier alpha value is -0.495. The van der Waals surface area contributed by atoms with Crippen LogP contribution in [-0.4, -0.2) is 25.1 Å². The van der Waals surface area contributed by atoms with Gasteiger partial charge in [-0.1, -0.05) is 13.8 Å². The molecule has 4 heteroatoms. The van der Waals surface area contributed by atoms with Gasteiger partial charge in [-0.2, -0.15) is 0 Å². The van der Waals surface area contributed by atoms with Gasteiger partial charge in [0.15, 0.2) is 0 Å². The quantitative estimate of drug-likeness (QED) is 0.537. The lowest BCUT2D eigenvalue weighted by molar-refractivity contribution is 0.0162. The van der Waals surface area contributed by atoms with Gasteiger partial charge in [0.2, 0.25) is 0 Å². The minimum Gasteiger partial charge on any atom is -0.532 e. The van der Waals surface area contributed by atoms with Crippen molar-refractivity contribution in [1.82, 2.24) is 0 Å². The third kappa shape index (κ3) is 7.76. The zero-order chi connectivity index (χ0) is 14.3. The Balaban J connectivity index is 5.19. The molecular weight excluding hydrogens is 227 g/mol. The van der Waals surface area contributed by atoms with Gasteiger partial charge in [-0.15, -0.1) is 5.92 Å². The number of hydrogen-bond donors (Lipinski definition) is 0. The molecule has 0 aromatic rings. The predicted octanol–water partition coefficient (Wildman–Crippen LogP) is 3.40. The van der Waals surface area contributed by atoms with Gasteiger partial charge in [0, 0.05) is 24.2 Å². The van der Waals surface area contributed by atoms with E-state index < -0.39 is 6.75 Å². The van der Waals surface area contributed by atoms with Crippen LogP contribution in [0.4, 0.5) is 0 Å². The molecule has 0 saturated heterocycles. The van der Waals surface area contributed by atoms with Crippen molar-refractivity contribution in [2.45, 2.75) is 73.7 Å². The molecule has 0 aromatic heterocycles. The van der Waals surface area contributed by atoms with Crippen molar-refractivity contribution in [1.29, 1.82) is 0 Å². The summed E-state index contributed by atoms with van der Waals surface area (Å²) in [5, 5.41) is 0. The van der Waals surface area contributed by atoms with E-state index >= 15 is 0 Å². The first-order valence-electron chi connectivity index (χ1n) is 6.86. The van der Waals surface area contributed by atoms with E-state index in [1.165, 1.54) is 0 Å². The Kier molecular flexibility index (Phi) is 7.62. The van der Waals surface area contributed by atoms with Crippen molar-refractivity contribution in [3.05, 3.63) is 0 Å². The van der Waals surface area contributed by atoms with E-state index in [0.717, 1.165) is 0 Å². The van der Waals surface area contributed by atoms with Crippen LogP contribution in [0.5, 0.6) is 0 Å². The minimum atomic E-state index is -2.00. The summed E-state index contributed by atoms with van der Waals surface area (Å²) in [6.07, 6.45) is 0.0110. The van der Waals surface area contributed by atoms with Crippen LogP contribution in [0.3, 0.4) is 0 Å². The van der Waals surface area contributed by atoms with Crippen molar-refractivity contribution >= 4 is 6.75 Å². The lowest BCUT2D eigenvalue weighted by Gasteiger charge is -2.42. The summed E-state index contributed by atoms with van der Waals surface area (Å²) < 4.78 is 17.6. The molecule has 0 saturated carbocycles. The second-order valence-electron chi connectivity index (χ2n) is 5.64. The monoisotopic (exact) mass is 255 g/mol. The highest BCUT2D eigenvalue weighted by Gasteiger charge is 2.30. The number of rotatable bonds is 6. The molecule has 0 fully saturated rings. The van der Waals surface area contributed by atoms with Crippen LogP contribution in [0.2, 0.25) is 0 Å².